The van der Waals surface area contributed by atoms with Gasteiger partial charge in [-0.3, -0.25) is 9.59 Å². The average molecular weight is 394 g/mol. The minimum Gasteiger partial charge on any atom is -0.394 e. The quantitative estimate of drug-likeness (QED) is 0.221. The van der Waals surface area contributed by atoms with Gasteiger partial charge in [-0.05, 0) is 20.8 Å². The van der Waals surface area contributed by atoms with Gasteiger partial charge in [-0.15, -0.1) is 0 Å². The Balaban J connectivity index is 2.21. The summed E-state index contributed by atoms with van der Waals surface area (Å²) < 4.78 is 15.1. The van der Waals surface area contributed by atoms with E-state index in [1.165, 1.54) is 0 Å². The monoisotopic (exact) mass is 394 g/mol. The van der Waals surface area contributed by atoms with Crippen molar-refractivity contribution >= 4 is 11.8 Å². The van der Waals surface area contributed by atoms with E-state index < -0.39 is 43.2 Å². The fraction of sp³-hybridized carbons (Fsp3) is 0.875. The lowest BCUT2D eigenvalue weighted by Gasteiger charge is -2.40. The van der Waals surface area contributed by atoms with Gasteiger partial charge in [-0.25, -0.2) is 0 Å². The lowest BCUT2D eigenvalue weighted by atomic mass is 9.97. The van der Waals surface area contributed by atoms with Gasteiger partial charge >= 0.3 is 0 Å². The summed E-state index contributed by atoms with van der Waals surface area (Å²) in [7, 11) is 0. The third kappa shape index (κ3) is 8.47. The Morgan fingerprint density at radius 1 is 1.00 bits per heavy atom. The maximum atomic E-state index is 11.8. The van der Waals surface area contributed by atoms with E-state index in [0.29, 0.717) is 0 Å². The van der Waals surface area contributed by atoms with E-state index in [1.807, 2.05) is 20.8 Å². The van der Waals surface area contributed by atoms with Gasteiger partial charge in [-0.2, -0.15) is 0 Å². The molecule has 0 aromatic carbocycles. The Labute approximate surface area is 157 Å². The van der Waals surface area contributed by atoms with Gasteiger partial charge in [0, 0.05) is 5.54 Å². The molecule has 6 N–H and O–H groups in total. The number of carbonyl (C=O) groups excluding carboxylic acids is 2. The Kier molecular flexibility index (Phi) is 9.53. The topological polar surface area (TPSA) is 167 Å². The highest BCUT2D eigenvalue weighted by Gasteiger charge is 2.44. The van der Waals surface area contributed by atoms with Gasteiger partial charge in [0.2, 0.25) is 11.8 Å². The number of hydrogen-bond acceptors (Lipinski definition) is 9. The summed E-state index contributed by atoms with van der Waals surface area (Å²) in [6.45, 7) is 4.59. The van der Waals surface area contributed by atoms with E-state index in [-0.39, 0.29) is 37.9 Å². The van der Waals surface area contributed by atoms with Crippen LogP contribution in [0.15, 0.2) is 0 Å². The molecule has 1 saturated heterocycles. The molecule has 0 aliphatic carbocycles. The first-order valence-corrected chi connectivity index (χ1v) is 8.61. The predicted octanol–water partition coefficient (Wildman–Crippen LogP) is -3.15. The maximum Gasteiger partial charge on any atom is 0.246 e. The van der Waals surface area contributed by atoms with Crippen molar-refractivity contribution in [2.45, 2.75) is 57.0 Å². The van der Waals surface area contributed by atoms with Crippen LogP contribution in [-0.4, -0.2) is 101 Å². The predicted molar refractivity (Wildman–Crippen MR) is 91.4 cm³/mol. The van der Waals surface area contributed by atoms with E-state index in [1.54, 1.807) is 0 Å². The molecule has 1 aliphatic heterocycles. The number of amides is 2. The van der Waals surface area contributed by atoms with Crippen molar-refractivity contribution < 1.29 is 44.2 Å². The molecule has 0 aromatic rings. The van der Waals surface area contributed by atoms with Crippen LogP contribution < -0.4 is 10.6 Å². The van der Waals surface area contributed by atoms with Crippen LogP contribution in [0.2, 0.25) is 0 Å². The summed E-state index contributed by atoms with van der Waals surface area (Å²) in [5.74, 6) is -0.915. The van der Waals surface area contributed by atoms with Gasteiger partial charge in [0.1, 0.15) is 37.6 Å². The van der Waals surface area contributed by atoms with E-state index in [4.69, 9.17) is 19.3 Å². The highest BCUT2D eigenvalue weighted by molar-refractivity contribution is 5.78. The largest absolute Gasteiger partial charge is 0.394 e. The summed E-state index contributed by atoms with van der Waals surface area (Å²) in [5.41, 5.74) is -0.349. The fourth-order valence-corrected chi connectivity index (χ4v) is 2.38. The second kappa shape index (κ2) is 10.9. The van der Waals surface area contributed by atoms with Gasteiger partial charge < -0.3 is 45.3 Å². The van der Waals surface area contributed by atoms with Crippen molar-refractivity contribution in [3.63, 3.8) is 0 Å². The molecule has 1 aliphatic rings. The number of carbonyl (C=O) groups is 2. The van der Waals surface area contributed by atoms with Crippen LogP contribution in [0, 0.1) is 0 Å². The Hall–Kier alpha value is -1.34. The Bertz CT molecular complexity index is 483. The van der Waals surface area contributed by atoms with Crippen molar-refractivity contribution in [1.82, 2.24) is 10.6 Å². The summed E-state index contributed by atoms with van der Waals surface area (Å²) in [6, 6.07) is -1.27. The molecule has 1 heterocycles. The van der Waals surface area contributed by atoms with Gasteiger partial charge in [0.25, 0.3) is 0 Å². The molecule has 2 amide bonds. The number of hydrogen-bond donors (Lipinski definition) is 6. The molecule has 1 fully saturated rings. The second-order valence-corrected chi connectivity index (χ2v) is 7.23. The third-order valence-electron chi connectivity index (χ3n) is 3.58. The van der Waals surface area contributed by atoms with Crippen molar-refractivity contribution in [2.24, 2.45) is 0 Å². The van der Waals surface area contributed by atoms with Crippen molar-refractivity contribution in [3.8, 4) is 0 Å². The smallest absolute Gasteiger partial charge is 0.246 e. The summed E-state index contributed by atoms with van der Waals surface area (Å²) >= 11 is 0. The molecule has 0 radical (unpaired) electrons. The van der Waals surface area contributed by atoms with Gasteiger partial charge in [0.15, 0.2) is 6.29 Å². The maximum absolute atomic E-state index is 11.8. The fourth-order valence-electron chi connectivity index (χ4n) is 2.38. The third-order valence-corrected chi connectivity index (χ3v) is 3.58. The normalized spacial score (nSPS) is 28.6. The number of ether oxygens (including phenoxy) is 3. The summed E-state index contributed by atoms with van der Waals surface area (Å²) in [5, 5.41) is 43.4. The van der Waals surface area contributed by atoms with Crippen LogP contribution in [0.1, 0.15) is 20.8 Å². The van der Waals surface area contributed by atoms with E-state index in [9.17, 15) is 24.9 Å². The van der Waals surface area contributed by atoms with Crippen molar-refractivity contribution in [1.29, 1.82) is 0 Å². The molecule has 27 heavy (non-hydrogen) atoms. The van der Waals surface area contributed by atoms with Crippen LogP contribution in [0.4, 0.5) is 0 Å². The minimum absolute atomic E-state index is 0.0533. The molecule has 2 unspecified atom stereocenters. The van der Waals surface area contributed by atoms with Crippen LogP contribution in [0.25, 0.3) is 0 Å². The first-order chi connectivity index (χ1) is 12.5. The molecule has 0 bridgehead atoms. The van der Waals surface area contributed by atoms with Crippen LogP contribution in [0.5, 0.6) is 0 Å². The van der Waals surface area contributed by atoms with Crippen molar-refractivity contribution in [2.75, 3.05) is 33.0 Å². The van der Waals surface area contributed by atoms with Crippen LogP contribution in [-0.2, 0) is 23.8 Å². The lowest BCUT2D eigenvalue weighted by molar-refractivity contribution is -0.254. The molecule has 158 valence electrons. The molecule has 1 rings (SSSR count). The first-order valence-electron chi connectivity index (χ1n) is 8.61. The molecular weight excluding hydrogens is 364 g/mol. The highest BCUT2D eigenvalue weighted by Crippen LogP contribution is 2.19. The number of aliphatic hydroxyl groups excluding tert-OH is 4. The zero-order chi connectivity index (χ0) is 20.6. The van der Waals surface area contributed by atoms with Crippen LogP contribution in [0.3, 0.4) is 0 Å². The molecule has 0 spiro atoms. The first kappa shape index (κ1) is 23.7. The molecule has 0 saturated carbocycles. The molecule has 0 aromatic heterocycles. The van der Waals surface area contributed by atoms with E-state index in [0.717, 1.165) is 0 Å². The Morgan fingerprint density at radius 2 is 1.56 bits per heavy atom. The number of aliphatic hydroxyl groups is 4. The molecule has 11 nitrogen and oxygen atoms in total. The zero-order valence-corrected chi connectivity index (χ0v) is 15.8. The molecule has 11 heteroatoms. The zero-order valence-electron chi connectivity index (χ0n) is 15.8. The van der Waals surface area contributed by atoms with Crippen molar-refractivity contribution in [3.05, 3.63) is 0 Å². The standard InChI is InChI=1S/C16H30N2O9/c1-16(2,3)18-11(21)8-26-5-4-25-7-10(20)17-12-14(23)13(22)9(6-19)27-15(12)24/h9,12-15,19,22-24H,4-8H2,1-3H3,(H,17,20)(H,18,21)/t9?,12-,13+,14?,15+/m1/s1. The highest BCUT2D eigenvalue weighted by atomic mass is 16.6. The van der Waals surface area contributed by atoms with E-state index >= 15 is 0 Å². The van der Waals surface area contributed by atoms with Crippen LogP contribution >= 0.6 is 0 Å². The van der Waals surface area contributed by atoms with Gasteiger partial charge in [0.05, 0.1) is 19.8 Å². The molecular formula is C16H30N2O9. The minimum atomic E-state index is -1.59. The summed E-state index contributed by atoms with van der Waals surface area (Å²) in [4.78, 5) is 23.3. The number of nitrogens with one attached hydrogen (secondary N) is 2. The van der Waals surface area contributed by atoms with E-state index in [2.05, 4.69) is 10.6 Å². The SMILES string of the molecule is CC(C)(C)NC(=O)COCCOCC(=O)N[C@@H]1C(O)[C@@H](O)C(CO)O[C@@H]1O. The molecule has 5 atom stereocenters. The lowest BCUT2D eigenvalue weighted by Crippen LogP contribution is -2.64. The number of rotatable bonds is 9. The Morgan fingerprint density at radius 3 is 2.07 bits per heavy atom. The second-order valence-electron chi connectivity index (χ2n) is 7.23. The average Bonchev–Trinajstić information content (AvgIpc) is 2.56. The summed E-state index contributed by atoms with van der Waals surface area (Å²) in [6.07, 6.45) is -5.71. The van der Waals surface area contributed by atoms with Gasteiger partial charge in [-0.1, -0.05) is 0 Å².